The van der Waals surface area contributed by atoms with E-state index in [4.69, 9.17) is 4.74 Å². The van der Waals surface area contributed by atoms with E-state index in [1.165, 1.54) is 37.1 Å². The zero-order chi connectivity index (χ0) is 18.4. The van der Waals surface area contributed by atoms with Crippen LogP contribution in [0.4, 0.5) is 0 Å². The van der Waals surface area contributed by atoms with Crippen LogP contribution in [0.25, 0.3) is 30.9 Å². The number of thiophene rings is 2. The minimum absolute atomic E-state index is 0.263. The van der Waals surface area contributed by atoms with E-state index in [1.54, 1.807) is 0 Å². The maximum Gasteiger partial charge on any atom is 0.348 e. The Kier molecular flexibility index (Phi) is 3.96. The summed E-state index contributed by atoms with van der Waals surface area (Å²) < 4.78 is 7.89. The van der Waals surface area contributed by atoms with Crippen molar-refractivity contribution in [2.45, 2.75) is 13.5 Å². The number of carbonyl (C=O) groups excluding carboxylic acids is 1. The summed E-state index contributed by atoms with van der Waals surface area (Å²) in [6.45, 7) is 2.44. The predicted molar refractivity (Wildman–Crippen MR) is 115 cm³/mol. The summed E-state index contributed by atoms with van der Waals surface area (Å²) >= 11 is 3.31. The van der Waals surface area contributed by atoms with Gasteiger partial charge in [-0.15, -0.1) is 22.7 Å². The molecule has 3 aromatic carbocycles. The van der Waals surface area contributed by atoms with Crippen LogP contribution in [0.3, 0.4) is 0 Å². The maximum atomic E-state index is 12.5. The smallest absolute Gasteiger partial charge is 0.348 e. The molecule has 132 valence electrons. The first-order valence-corrected chi connectivity index (χ1v) is 10.4. The molecule has 0 aliphatic heterocycles. The Morgan fingerprint density at radius 1 is 0.815 bits per heavy atom. The van der Waals surface area contributed by atoms with E-state index in [0.717, 1.165) is 15.6 Å². The minimum Gasteiger partial charge on any atom is -0.457 e. The Balaban J connectivity index is 1.48. The van der Waals surface area contributed by atoms with Gasteiger partial charge in [0.2, 0.25) is 0 Å². The van der Waals surface area contributed by atoms with Crippen molar-refractivity contribution in [3.05, 3.63) is 82.0 Å². The number of ether oxygens (including phenoxy) is 1. The van der Waals surface area contributed by atoms with Crippen LogP contribution in [0.15, 0.2) is 66.7 Å². The number of rotatable bonds is 3. The summed E-state index contributed by atoms with van der Waals surface area (Å²) in [6, 6.07) is 22.7. The van der Waals surface area contributed by atoms with Gasteiger partial charge >= 0.3 is 5.97 Å². The lowest BCUT2D eigenvalue weighted by atomic mass is 10.1. The van der Waals surface area contributed by atoms with Gasteiger partial charge in [-0.05, 0) is 70.4 Å². The number of esters is 1. The van der Waals surface area contributed by atoms with E-state index in [-0.39, 0.29) is 5.97 Å². The lowest BCUT2D eigenvalue weighted by Crippen LogP contribution is -2.02. The van der Waals surface area contributed by atoms with E-state index in [0.29, 0.717) is 11.5 Å². The van der Waals surface area contributed by atoms with Gasteiger partial charge in [0.25, 0.3) is 0 Å². The molecule has 0 unspecified atom stereocenters. The Morgan fingerprint density at radius 3 is 2.22 bits per heavy atom. The second-order valence-corrected chi connectivity index (χ2v) is 9.03. The fourth-order valence-corrected chi connectivity index (χ4v) is 5.29. The molecule has 0 atom stereocenters. The largest absolute Gasteiger partial charge is 0.457 e. The highest BCUT2D eigenvalue weighted by Gasteiger charge is 2.13. The molecule has 2 aromatic heterocycles. The monoisotopic (exact) mass is 388 g/mol. The number of carbonyl (C=O) groups is 1. The molecule has 0 radical (unpaired) electrons. The summed E-state index contributed by atoms with van der Waals surface area (Å²) in [4.78, 5) is 14.4. The van der Waals surface area contributed by atoms with Crippen molar-refractivity contribution in [3.63, 3.8) is 0 Å². The van der Waals surface area contributed by atoms with Crippen LogP contribution >= 0.6 is 22.7 Å². The van der Waals surface area contributed by atoms with E-state index in [2.05, 4.69) is 37.3 Å². The number of hydrogen-bond donors (Lipinski definition) is 0. The van der Waals surface area contributed by atoms with Gasteiger partial charge in [-0.3, -0.25) is 0 Å². The molecule has 4 heteroatoms. The van der Waals surface area contributed by atoms with Gasteiger partial charge in [-0.25, -0.2) is 4.79 Å². The highest BCUT2D eigenvalue weighted by Crippen LogP contribution is 2.34. The summed E-state index contributed by atoms with van der Waals surface area (Å²) in [5.74, 6) is -0.263. The third-order valence-electron chi connectivity index (χ3n) is 4.65. The van der Waals surface area contributed by atoms with Crippen molar-refractivity contribution < 1.29 is 9.53 Å². The molecule has 27 heavy (non-hydrogen) atoms. The Morgan fingerprint density at radius 2 is 1.48 bits per heavy atom. The Hall–Kier alpha value is -2.69. The molecule has 5 aromatic rings. The normalized spacial score (nSPS) is 11.4. The molecule has 0 fully saturated rings. The van der Waals surface area contributed by atoms with Crippen molar-refractivity contribution in [1.82, 2.24) is 0 Å². The first-order chi connectivity index (χ1) is 13.2. The maximum absolute atomic E-state index is 12.5. The molecule has 0 bridgehead atoms. The first-order valence-electron chi connectivity index (χ1n) is 8.74. The summed E-state index contributed by atoms with van der Waals surface area (Å²) in [6.07, 6.45) is 0. The average Bonchev–Trinajstić information content (AvgIpc) is 3.24. The highest BCUT2D eigenvalue weighted by atomic mass is 32.1. The number of fused-ring (bicyclic) bond motifs is 3. The zero-order valence-electron chi connectivity index (χ0n) is 14.7. The van der Waals surface area contributed by atoms with Crippen LogP contribution in [0, 0.1) is 6.92 Å². The van der Waals surface area contributed by atoms with Gasteiger partial charge in [0.1, 0.15) is 11.5 Å². The van der Waals surface area contributed by atoms with Crippen LogP contribution in [-0.4, -0.2) is 5.97 Å². The zero-order valence-corrected chi connectivity index (χ0v) is 16.3. The highest BCUT2D eigenvalue weighted by molar-refractivity contribution is 7.21. The summed E-state index contributed by atoms with van der Waals surface area (Å²) in [7, 11) is 0. The fourth-order valence-electron chi connectivity index (χ4n) is 3.35. The number of hydrogen-bond acceptors (Lipinski definition) is 4. The van der Waals surface area contributed by atoms with Crippen LogP contribution < -0.4 is 0 Å². The summed E-state index contributed by atoms with van der Waals surface area (Å²) in [5, 5.41) is 4.79. The third kappa shape index (κ3) is 3.11. The van der Waals surface area contributed by atoms with Crippen LogP contribution in [0.1, 0.15) is 20.1 Å². The molecule has 0 saturated heterocycles. The first kappa shape index (κ1) is 16.5. The molecule has 2 heterocycles. The van der Waals surface area contributed by atoms with Crippen molar-refractivity contribution in [2.75, 3.05) is 0 Å². The third-order valence-corrected chi connectivity index (χ3v) is 6.74. The van der Waals surface area contributed by atoms with Gasteiger partial charge in [-0.2, -0.15) is 0 Å². The van der Waals surface area contributed by atoms with E-state index in [9.17, 15) is 4.79 Å². The van der Waals surface area contributed by atoms with Crippen molar-refractivity contribution >= 4 is 59.6 Å². The predicted octanol–water partition coefficient (Wildman–Crippen LogP) is 6.93. The molecule has 0 aliphatic carbocycles. The molecule has 0 aliphatic rings. The van der Waals surface area contributed by atoms with Gasteiger partial charge in [-0.1, -0.05) is 30.3 Å². The van der Waals surface area contributed by atoms with Gasteiger partial charge in [0.15, 0.2) is 0 Å². The van der Waals surface area contributed by atoms with E-state index in [1.807, 2.05) is 47.7 Å². The molecular formula is C23H16O2S2. The molecule has 5 rings (SSSR count). The number of benzene rings is 3. The molecule has 0 N–H and O–H groups in total. The Labute approximate surface area is 164 Å². The number of aryl methyl sites for hydroxylation is 1. The van der Waals surface area contributed by atoms with Gasteiger partial charge in [0.05, 0.1) is 0 Å². The summed E-state index contributed by atoms with van der Waals surface area (Å²) in [5.41, 5.74) is 0.994. The van der Waals surface area contributed by atoms with Crippen molar-refractivity contribution in [3.8, 4) is 0 Å². The fraction of sp³-hybridized carbons (Fsp3) is 0.0870. The van der Waals surface area contributed by atoms with E-state index >= 15 is 0 Å². The molecule has 0 spiro atoms. The SMILES string of the molecule is Cc1cc2cc3cc4sc(C(=O)OCc5ccccc5)cc4cc3cc2s1. The minimum atomic E-state index is -0.263. The van der Waals surface area contributed by atoms with E-state index < -0.39 is 0 Å². The van der Waals surface area contributed by atoms with Gasteiger partial charge < -0.3 is 4.74 Å². The lowest BCUT2D eigenvalue weighted by molar-refractivity contribution is 0.0478. The molecule has 2 nitrogen and oxygen atoms in total. The van der Waals surface area contributed by atoms with Gasteiger partial charge in [0, 0.05) is 14.3 Å². The van der Waals surface area contributed by atoms with Crippen LogP contribution in [-0.2, 0) is 11.3 Å². The Bertz CT molecular complexity index is 1230. The second kappa shape index (κ2) is 6.48. The quantitative estimate of drug-likeness (QED) is 0.313. The van der Waals surface area contributed by atoms with Crippen molar-refractivity contribution in [2.24, 2.45) is 0 Å². The average molecular weight is 389 g/mol. The topological polar surface area (TPSA) is 26.3 Å². The second-order valence-electron chi connectivity index (χ2n) is 6.66. The molecule has 0 saturated carbocycles. The molecule has 0 amide bonds. The molecular weight excluding hydrogens is 372 g/mol. The lowest BCUT2D eigenvalue weighted by Gasteiger charge is -2.02. The standard InChI is InChI=1S/C23H16O2S2/c1-14-7-18-8-16-11-21-19(9-17(16)10-20(18)26-14)12-22(27-21)23(24)25-13-15-5-3-2-4-6-15/h2-12H,13H2,1H3. The van der Waals surface area contributed by atoms with Crippen LogP contribution in [0.5, 0.6) is 0 Å². The van der Waals surface area contributed by atoms with Crippen LogP contribution in [0.2, 0.25) is 0 Å². The van der Waals surface area contributed by atoms with Crippen molar-refractivity contribution in [1.29, 1.82) is 0 Å².